The van der Waals surface area contributed by atoms with E-state index in [1.54, 1.807) is 0 Å². The third-order valence-corrected chi connectivity index (χ3v) is 13.6. The molecular formula is C60H38N2O2. The fourth-order valence-electron chi connectivity index (χ4n) is 10.6. The van der Waals surface area contributed by atoms with E-state index in [1.165, 1.54) is 60.6 Å². The Labute approximate surface area is 368 Å². The van der Waals surface area contributed by atoms with Gasteiger partial charge in [-0.05, 0) is 125 Å². The number of hydrogen-bond acceptors (Lipinski definition) is 2. The molecule has 0 saturated heterocycles. The minimum absolute atomic E-state index is 0.871. The summed E-state index contributed by atoms with van der Waals surface area (Å²) < 4.78 is 18.0. The van der Waals surface area contributed by atoms with E-state index in [-0.39, 0.29) is 0 Å². The van der Waals surface area contributed by atoms with Crippen LogP contribution < -0.4 is 0 Å². The van der Waals surface area contributed by atoms with Gasteiger partial charge in [0.1, 0.15) is 22.5 Å². The molecule has 0 radical (unpaired) electrons. The van der Waals surface area contributed by atoms with E-state index in [0.717, 1.165) is 84.9 Å². The summed E-state index contributed by atoms with van der Waals surface area (Å²) in [6.45, 7) is 0. The van der Waals surface area contributed by atoms with Crippen LogP contribution in [0.4, 0.5) is 0 Å². The normalized spacial score (nSPS) is 12.8. The van der Waals surface area contributed by atoms with Crippen molar-refractivity contribution in [1.82, 2.24) is 9.13 Å². The first kappa shape index (κ1) is 35.3. The first-order chi connectivity index (χ1) is 31.7. The molecule has 0 N–H and O–H groups in total. The Morgan fingerprint density at radius 1 is 0.359 bits per heavy atom. The molecule has 4 heterocycles. The lowest BCUT2D eigenvalue weighted by Gasteiger charge is -2.11. The van der Waals surface area contributed by atoms with E-state index >= 15 is 0 Å². The van der Waals surface area contributed by atoms with Crippen LogP contribution in [0.1, 0.15) is 17.7 Å². The molecule has 4 nitrogen and oxygen atoms in total. The average Bonchev–Trinajstić information content (AvgIpc) is 4.11. The molecule has 1 aliphatic carbocycles. The van der Waals surface area contributed by atoms with Gasteiger partial charge in [-0.15, -0.1) is 0 Å². The smallest absolute Gasteiger partial charge is 0.145 e. The highest BCUT2D eigenvalue weighted by Gasteiger charge is 2.22. The van der Waals surface area contributed by atoms with Crippen molar-refractivity contribution < 1.29 is 8.83 Å². The number of benzene rings is 9. The number of allylic oxidation sites excluding steroid dienone is 1. The van der Waals surface area contributed by atoms with Crippen molar-refractivity contribution in [3.05, 3.63) is 212 Å². The number of hydrogen-bond donors (Lipinski definition) is 0. The Morgan fingerprint density at radius 3 is 1.72 bits per heavy atom. The van der Waals surface area contributed by atoms with Gasteiger partial charge in [-0.2, -0.15) is 0 Å². The van der Waals surface area contributed by atoms with Crippen LogP contribution in [0, 0.1) is 0 Å². The number of para-hydroxylation sites is 1. The third kappa shape index (κ3) is 5.23. The molecule has 0 saturated carbocycles. The summed E-state index contributed by atoms with van der Waals surface area (Å²) in [5, 5.41) is 8.10. The van der Waals surface area contributed by atoms with Crippen molar-refractivity contribution in [1.29, 1.82) is 0 Å². The van der Waals surface area contributed by atoms with Crippen LogP contribution in [-0.2, 0) is 6.42 Å². The van der Waals surface area contributed by atoms with Gasteiger partial charge in [0, 0.05) is 55.7 Å². The SMILES string of the molecule is C1=Cc2c(oc3ccc(-c4cccc(-n5c6ccccc6c6c7oc8ccc(-n9c%10ccc(-c%11ccccc%11)cc%10c%10cc(-c%11ccccc%11)ccc%109)cc8c7ccc65)c4)cc23)CC1. The van der Waals surface area contributed by atoms with Gasteiger partial charge in [-0.25, -0.2) is 0 Å². The first-order valence-corrected chi connectivity index (χ1v) is 22.1. The number of fused-ring (bicyclic) bond motifs is 13. The van der Waals surface area contributed by atoms with Crippen molar-refractivity contribution >= 4 is 82.6 Å². The van der Waals surface area contributed by atoms with E-state index in [4.69, 9.17) is 8.83 Å². The molecule has 0 bridgehead atoms. The quantitative estimate of drug-likeness (QED) is 0.173. The van der Waals surface area contributed by atoms with E-state index in [0.29, 0.717) is 0 Å². The lowest BCUT2D eigenvalue weighted by atomic mass is 9.99. The molecule has 300 valence electrons. The van der Waals surface area contributed by atoms with Gasteiger partial charge in [0.2, 0.25) is 0 Å². The van der Waals surface area contributed by atoms with Crippen LogP contribution in [0.5, 0.6) is 0 Å². The van der Waals surface area contributed by atoms with Crippen molar-refractivity contribution in [2.24, 2.45) is 0 Å². The largest absolute Gasteiger partial charge is 0.460 e. The van der Waals surface area contributed by atoms with Crippen LogP contribution in [0.15, 0.2) is 209 Å². The van der Waals surface area contributed by atoms with Crippen molar-refractivity contribution in [3.8, 4) is 44.8 Å². The Bertz CT molecular complexity index is 3970. The predicted octanol–water partition coefficient (Wildman–Crippen LogP) is 16.5. The molecule has 9 aromatic carbocycles. The Balaban J connectivity index is 0.936. The number of aryl methyl sites for hydroxylation is 1. The van der Waals surface area contributed by atoms with Gasteiger partial charge in [0.05, 0.1) is 27.5 Å². The lowest BCUT2D eigenvalue weighted by molar-refractivity contribution is 0.546. The van der Waals surface area contributed by atoms with E-state index < -0.39 is 0 Å². The summed E-state index contributed by atoms with van der Waals surface area (Å²) in [5.74, 6) is 1.09. The van der Waals surface area contributed by atoms with E-state index in [2.05, 4.69) is 215 Å². The first-order valence-electron chi connectivity index (χ1n) is 22.1. The van der Waals surface area contributed by atoms with Crippen LogP contribution >= 0.6 is 0 Å². The summed E-state index contributed by atoms with van der Waals surface area (Å²) in [7, 11) is 0. The second-order valence-corrected chi connectivity index (χ2v) is 17.1. The van der Waals surface area contributed by atoms with Gasteiger partial charge in [-0.1, -0.05) is 121 Å². The molecule has 0 unspecified atom stereocenters. The van der Waals surface area contributed by atoms with E-state index in [9.17, 15) is 0 Å². The summed E-state index contributed by atoms with van der Waals surface area (Å²) in [6.07, 6.45) is 6.44. The van der Waals surface area contributed by atoms with Gasteiger partial charge in [0.15, 0.2) is 0 Å². The minimum atomic E-state index is 0.871. The molecule has 0 atom stereocenters. The van der Waals surface area contributed by atoms with Gasteiger partial charge < -0.3 is 18.0 Å². The molecule has 0 amide bonds. The highest BCUT2D eigenvalue weighted by Crippen LogP contribution is 2.43. The predicted molar refractivity (Wildman–Crippen MR) is 266 cm³/mol. The fraction of sp³-hybridized carbons (Fsp3) is 0.0333. The number of furan rings is 2. The average molecular weight is 819 g/mol. The van der Waals surface area contributed by atoms with Crippen LogP contribution in [0.3, 0.4) is 0 Å². The Hall–Kier alpha value is -8.34. The maximum Gasteiger partial charge on any atom is 0.145 e. The van der Waals surface area contributed by atoms with Gasteiger partial charge in [-0.3, -0.25) is 0 Å². The van der Waals surface area contributed by atoms with Crippen molar-refractivity contribution in [3.63, 3.8) is 0 Å². The minimum Gasteiger partial charge on any atom is -0.460 e. The zero-order chi connectivity index (χ0) is 41.9. The molecule has 4 heteroatoms. The standard InChI is InChI=1S/C60H38N2O2/c1-3-12-37(13-4-1)40-22-27-53-48(33-40)49-34-41(38-14-5-2-6-15-38)23-28-54(49)61(53)44-25-31-58-51(36-44)46-26-29-55-59(60(46)64-58)47-19-7-9-20-52(47)62(55)43-17-11-16-39(32-43)42-24-30-57-50(35-42)45-18-8-10-21-56(45)63-57/h1-9,11-20,22-36H,10,21H2. The highest BCUT2D eigenvalue weighted by atomic mass is 16.3. The summed E-state index contributed by atoms with van der Waals surface area (Å²) in [4.78, 5) is 0. The lowest BCUT2D eigenvalue weighted by Crippen LogP contribution is -1.94. The zero-order valence-electron chi connectivity index (χ0n) is 34.8. The van der Waals surface area contributed by atoms with E-state index in [1.807, 2.05) is 0 Å². The highest BCUT2D eigenvalue weighted by molar-refractivity contribution is 6.24. The van der Waals surface area contributed by atoms with Crippen LogP contribution in [-0.4, -0.2) is 9.13 Å². The topological polar surface area (TPSA) is 36.1 Å². The molecule has 1 aliphatic rings. The molecular weight excluding hydrogens is 781 g/mol. The zero-order valence-corrected chi connectivity index (χ0v) is 34.8. The molecule has 0 fully saturated rings. The van der Waals surface area contributed by atoms with Crippen LogP contribution in [0.2, 0.25) is 0 Å². The molecule has 0 aliphatic heterocycles. The number of aromatic nitrogens is 2. The van der Waals surface area contributed by atoms with Crippen molar-refractivity contribution in [2.75, 3.05) is 0 Å². The molecule has 64 heavy (non-hydrogen) atoms. The third-order valence-electron chi connectivity index (χ3n) is 13.6. The summed E-state index contributed by atoms with van der Waals surface area (Å²) in [5.41, 5.74) is 17.9. The summed E-state index contributed by atoms with van der Waals surface area (Å²) >= 11 is 0. The van der Waals surface area contributed by atoms with Gasteiger partial charge >= 0.3 is 0 Å². The monoisotopic (exact) mass is 818 g/mol. The molecule has 4 aromatic heterocycles. The second kappa shape index (κ2) is 13.6. The second-order valence-electron chi connectivity index (χ2n) is 17.1. The van der Waals surface area contributed by atoms with Crippen LogP contribution in [0.25, 0.3) is 127 Å². The summed E-state index contributed by atoms with van der Waals surface area (Å²) in [6, 6.07) is 70.5. The van der Waals surface area contributed by atoms with Gasteiger partial charge in [0.25, 0.3) is 0 Å². The van der Waals surface area contributed by atoms with Crippen molar-refractivity contribution in [2.45, 2.75) is 12.8 Å². The molecule has 0 spiro atoms. The molecule has 13 aromatic rings. The Kier molecular flexibility index (Phi) is 7.48. The molecule has 14 rings (SSSR count). The number of rotatable bonds is 5. The maximum atomic E-state index is 6.93. The maximum absolute atomic E-state index is 6.93. The number of nitrogens with zero attached hydrogens (tertiary/aromatic N) is 2. The fourth-order valence-corrected chi connectivity index (χ4v) is 10.6. The Morgan fingerprint density at radius 2 is 0.938 bits per heavy atom.